The number of benzene rings is 3. The van der Waals surface area contributed by atoms with Crippen molar-refractivity contribution in [3.8, 4) is 11.5 Å². The van der Waals surface area contributed by atoms with Gasteiger partial charge in [-0.2, -0.15) is 13.2 Å². The van der Waals surface area contributed by atoms with Gasteiger partial charge in [-0.25, -0.2) is 0 Å². The van der Waals surface area contributed by atoms with Gasteiger partial charge >= 0.3 is 6.18 Å². The second kappa shape index (κ2) is 10.1. The average molecular weight is 525 g/mol. The third-order valence-corrected chi connectivity index (χ3v) is 6.30. The minimum atomic E-state index is -4.55. The Hall–Kier alpha value is -4.54. The molecule has 1 saturated heterocycles. The van der Waals surface area contributed by atoms with E-state index in [1.807, 2.05) is 0 Å². The smallest absolute Gasteiger partial charge is 0.416 e. The minimum Gasteiger partial charge on any atom is -0.454 e. The van der Waals surface area contributed by atoms with Crippen LogP contribution >= 0.6 is 0 Å². The maximum absolute atomic E-state index is 13.1. The summed E-state index contributed by atoms with van der Waals surface area (Å²) in [6.07, 6.45) is -4.72. The Morgan fingerprint density at radius 2 is 1.76 bits per heavy atom. The zero-order valence-corrected chi connectivity index (χ0v) is 19.9. The van der Waals surface area contributed by atoms with Crippen molar-refractivity contribution < 1.29 is 37.0 Å². The second-order valence-electron chi connectivity index (χ2n) is 8.86. The van der Waals surface area contributed by atoms with Crippen molar-refractivity contribution in [1.82, 2.24) is 5.32 Å². The molecule has 1 atom stereocenters. The molecule has 38 heavy (non-hydrogen) atoms. The Bertz CT molecular complexity index is 1410. The zero-order valence-electron chi connectivity index (χ0n) is 19.9. The first-order chi connectivity index (χ1) is 18.2. The van der Waals surface area contributed by atoms with Gasteiger partial charge in [0.15, 0.2) is 11.5 Å². The molecule has 0 aliphatic carbocycles. The lowest BCUT2D eigenvalue weighted by molar-refractivity contribution is -0.137. The molecule has 3 amide bonds. The zero-order chi connectivity index (χ0) is 26.9. The van der Waals surface area contributed by atoms with Crippen LogP contribution in [-0.4, -0.2) is 31.1 Å². The number of hydrogen-bond donors (Lipinski definition) is 2. The molecule has 5 rings (SSSR count). The van der Waals surface area contributed by atoms with Crippen molar-refractivity contribution in [2.75, 3.05) is 23.6 Å². The van der Waals surface area contributed by atoms with Crippen LogP contribution in [0.1, 0.15) is 27.9 Å². The molecule has 2 heterocycles. The van der Waals surface area contributed by atoms with Crippen LogP contribution in [0.15, 0.2) is 66.7 Å². The molecule has 0 radical (unpaired) electrons. The van der Waals surface area contributed by atoms with Gasteiger partial charge in [0.2, 0.25) is 18.6 Å². The van der Waals surface area contributed by atoms with Crippen molar-refractivity contribution in [2.45, 2.75) is 19.1 Å². The van der Waals surface area contributed by atoms with E-state index in [1.165, 1.54) is 17.0 Å². The molecule has 3 aromatic rings. The van der Waals surface area contributed by atoms with Gasteiger partial charge in [0.05, 0.1) is 22.7 Å². The number of ether oxygens (including phenoxy) is 2. The van der Waals surface area contributed by atoms with Crippen molar-refractivity contribution in [1.29, 1.82) is 0 Å². The summed E-state index contributed by atoms with van der Waals surface area (Å²) in [5.74, 6) is -0.976. The van der Waals surface area contributed by atoms with Crippen molar-refractivity contribution >= 4 is 29.1 Å². The van der Waals surface area contributed by atoms with E-state index < -0.39 is 35.4 Å². The molecule has 0 aromatic heterocycles. The van der Waals surface area contributed by atoms with Gasteiger partial charge in [-0.15, -0.1) is 0 Å². The fourth-order valence-electron chi connectivity index (χ4n) is 4.34. The van der Waals surface area contributed by atoms with Gasteiger partial charge < -0.3 is 25.0 Å². The highest BCUT2D eigenvalue weighted by atomic mass is 19.4. The van der Waals surface area contributed by atoms with E-state index >= 15 is 0 Å². The molecule has 1 fully saturated rings. The Balaban J connectivity index is 1.24. The van der Waals surface area contributed by atoms with Crippen LogP contribution in [0.25, 0.3) is 0 Å². The van der Waals surface area contributed by atoms with Crippen LogP contribution in [0.3, 0.4) is 0 Å². The number of halogens is 3. The lowest BCUT2D eigenvalue weighted by atomic mass is 10.1. The summed E-state index contributed by atoms with van der Waals surface area (Å²) in [6, 6.07) is 16.2. The predicted molar refractivity (Wildman–Crippen MR) is 131 cm³/mol. The minimum absolute atomic E-state index is 0.0726. The number of carbonyl (C=O) groups excluding carboxylic acids is 3. The lowest BCUT2D eigenvalue weighted by Gasteiger charge is -2.18. The summed E-state index contributed by atoms with van der Waals surface area (Å²) >= 11 is 0. The number of alkyl halides is 3. The number of nitrogens with one attached hydrogen (secondary N) is 2. The van der Waals surface area contributed by atoms with Gasteiger partial charge in [0, 0.05) is 25.2 Å². The molecular formula is C27H22F3N3O5. The quantitative estimate of drug-likeness (QED) is 0.499. The van der Waals surface area contributed by atoms with Crippen LogP contribution < -0.4 is 25.0 Å². The van der Waals surface area contributed by atoms with E-state index in [0.717, 1.165) is 17.7 Å². The number of hydrogen-bond acceptors (Lipinski definition) is 5. The molecule has 8 nitrogen and oxygen atoms in total. The van der Waals surface area contributed by atoms with E-state index in [0.29, 0.717) is 11.5 Å². The molecule has 196 valence electrons. The largest absolute Gasteiger partial charge is 0.454 e. The third-order valence-electron chi connectivity index (χ3n) is 6.30. The Morgan fingerprint density at radius 1 is 0.974 bits per heavy atom. The number of fused-ring (bicyclic) bond motifs is 1. The highest BCUT2D eigenvalue weighted by Gasteiger charge is 2.37. The first kappa shape index (κ1) is 25.1. The van der Waals surface area contributed by atoms with Crippen molar-refractivity contribution in [3.63, 3.8) is 0 Å². The fraction of sp³-hybridized carbons (Fsp3) is 0.222. The highest BCUT2D eigenvalue weighted by Crippen LogP contribution is 2.34. The number of para-hydroxylation sites is 1. The molecule has 0 spiro atoms. The van der Waals surface area contributed by atoms with Gasteiger partial charge in [0.25, 0.3) is 5.91 Å². The predicted octanol–water partition coefficient (Wildman–Crippen LogP) is 4.36. The Morgan fingerprint density at radius 3 is 2.58 bits per heavy atom. The summed E-state index contributed by atoms with van der Waals surface area (Å²) in [5.41, 5.74) is 0.467. The number of amides is 3. The molecule has 0 bridgehead atoms. The standard InChI is InChI=1S/C27H22F3N3O5/c28-27(29,30)18-4-3-5-19(12-18)33-14-17(11-24(33)34)25(35)32-21-7-2-1-6-20(21)26(36)31-13-16-8-9-22-23(10-16)38-15-37-22/h1-10,12,17H,11,13-15H2,(H,31,36)(H,32,35)/t17-/m0/s1. The molecule has 0 saturated carbocycles. The number of anilines is 2. The van der Waals surface area contributed by atoms with Gasteiger partial charge in [-0.3, -0.25) is 14.4 Å². The van der Waals surface area contributed by atoms with E-state index in [1.54, 1.807) is 42.5 Å². The van der Waals surface area contributed by atoms with E-state index in [9.17, 15) is 27.6 Å². The van der Waals surface area contributed by atoms with Crippen LogP contribution in [0.2, 0.25) is 0 Å². The van der Waals surface area contributed by atoms with Crippen LogP contribution in [0.5, 0.6) is 11.5 Å². The lowest BCUT2D eigenvalue weighted by Crippen LogP contribution is -2.29. The number of carbonyl (C=O) groups is 3. The molecule has 2 aliphatic rings. The SMILES string of the molecule is O=C(NCc1ccc2c(c1)OCO2)c1ccccc1NC(=O)[C@H]1CC(=O)N(c2cccc(C(F)(F)F)c2)C1. The summed E-state index contributed by atoms with van der Waals surface area (Å²) in [4.78, 5) is 39.6. The van der Waals surface area contributed by atoms with Crippen molar-refractivity contribution in [3.05, 3.63) is 83.4 Å². The summed E-state index contributed by atoms with van der Waals surface area (Å²) in [7, 11) is 0. The molecule has 2 N–H and O–H groups in total. The Kier molecular flexibility index (Phi) is 6.66. The average Bonchev–Trinajstić information content (AvgIpc) is 3.53. The number of nitrogens with zero attached hydrogens (tertiary/aromatic N) is 1. The molecule has 0 unspecified atom stereocenters. The van der Waals surface area contributed by atoms with Crippen LogP contribution in [0.4, 0.5) is 24.5 Å². The summed E-state index contributed by atoms with van der Waals surface area (Å²) in [5, 5.41) is 5.50. The molecule has 2 aliphatic heterocycles. The molecule has 3 aromatic carbocycles. The summed E-state index contributed by atoms with van der Waals surface area (Å²) in [6.45, 7) is 0.272. The van der Waals surface area contributed by atoms with Crippen molar-refractivity contribution in [2.24, 2.45) is 5.92 Å². The van der Waals surface area contributed by atoms with E-state index in [-0.39, 0.29) is 43.2 Å². The van der Waals surface area contributed by atoms with Gasteiger partial charge in [-0.1, -0.05) is 24.3 Å². The second-order valence-corrected chi connectivity index (χ2v) is 8.86. The normalized spacial score (nSPS) is 16.4. The van der Waals surface area contributed by atoms with E-state index in [2.05, 4.69) is 10.6 Å². The monoisotopic (exact) mass is 525 g/mol. The summed E-state index contributed by atoms with van der Waals surface area (Å²) < 4.78 is 49.9. The van der Waals surface area contributed by atoms with Crippen LogP contribution in [-0.2, 0) is 22.3 Å². The molecule has 11 heteroatoms. The van der Waals surface area contributed by atoms with E-state index in [4.69, 9.17) is 9.47 Å². The highest BCUT2D eigenvalue weighted by molar-refractivity contribution is 6.07. The Labute approximate surface area is 215 Å². The topological polar surface area (TPSA) is 97.0 Å². The van der Waals surface area contributed by atoms with Gasteiger partial charge in [0.1, 0.15) is 0 Å². The van der Waals surface area contributed by atoms with Crippen LogP contribution in [0, 0.1) is 5.92 Å². The first-order valence-corrected chi connectivity index (χ1v) is 11.7. The first-order valence-electron chi connectivity index (χ1n) is 11.7. The maximum Gasteiger partial charge on any atom is 0.416 e. The third kappa shape index (κ3) is 5.26. The maximum atomic E-state index is 13.1. The van der Waals surface area contributed by atoms with Gasteiger partial charge in [-0.05, 0) is 48.0 Å². The molecular weight excluding hydrogens is 503 g/mol. The number of rotatable bonds is 6. The fourth-order valence-corrected chi connectivity index (χ4v) is 4.34.